The first-order chi connectivity index (χ1) is 8.13. The van der Waals surface area contributed by atoms with Gasteiger partial charge < -0.3 is 5.73 Å². The van der Waals surface area contributed by atoms with Crippen LogP contribution in [0.1, 0.15) is 36.8 Å². The van der Waals surface area contributed by atoms with Gasteiger partial charge in [-0.2, -0.15) is 5.26 Å². The fourth-order valence-corrected chi connectivity index (χ4v) is 2.68. The summed E-state index contributed by atoms with van der Waals surface area (Å²) in [6, 6.07) is 3.86. The maximum absolute atomic E-state index is 13.8. The number of rotatable bonds is 2. The van der Waals surface area contributed by atoms with E-state index < -0.39 is 17.0 Å². The maximum Gasteiger partial charge on any atom is 0.143 e. The average molecular weight is 236 g/mol. The Morgan fingerprint density at radius 2 is 1.88 bits per heavy atom. The van der Waals surface area contributed by atoms with Crippen molar-refractivity contribution >= 4 is 0 Å². The summed E-state index contributed by atoms with van der Waals surface area (Å²) in [4.78, 5) is 0. The monoisotopic (exact) mass is 236 g/mol. The second-order valence-corrected chi connectivity index (χ2v) is 4.62. The fourth-order valence-electron chi connectivity index (χ4n) is 2.68. The normalized spacial score (nSPS) is 18.0. The van der Waals surface area contributed by atoms with Crippen LogP contribution in [0.15, 0.2) is 12.1 Å². The van der Waals surface area contributed by atoms with Crippen molar-refractivity contribution in [2.24, 2.45) is 5.73 Å². The number of nitriles is 1. The van der Waals surface area contributed by atoms with Crippen LogP contribution < -0.4 is 5.73 Å². The summed E-state index contributed by atoms with van der Waals surface area (Å²) in [5.74, 6) is -1.40. The summed E-state index contributed by atoms with van der Waals surface area (Å²) in [5, 5.41) is 8.79. The molecule has 0 bridgehead atoms. The first-order valence-corrected chi connectivity index (χ1v) is 5.73. The van der Waals surface area contributed by atoms with Gasteiger partial charge in [0.15, 0.2) is 0 Å². The maximum atomic E-state index is 13.8. The SMILES string of the molecule is N#Cc1cc(C2(CN)CCCC2)c(F)cc1F. The van der Waals surface area contributed by atoms with Crippen LogP contribution >= 0.6 is 0 Å². The van der Waals surface area contributed by atoms with Gasteiger partial charge in [0.1, 0.15) is 17.7 Å². The molecule has 1 aromatic carbocycles. The van der Waals surface area contributed by atoms with Crippen molar-refractivity contribution in [2.75, 3.05) is 6.54 Å². The molecule has 0 saturated heterocycles. The number of benzene rings is 1. The van der Waals surface area contributed by atoms with Crippen molar-refractivity contribution in [1.82, 2.24) is 0 Å². The van der Waals surface area contributed by atoms with Crippen LogP contribution in [0.4, 0.5) is 8.78 Å². The smallest absolute Gasteiger partial charge is 0.143 e. The Labute approximate surface area is 99.0 Å². The van der Waals surface area contributed by atoms with E-state index >= 15 is 0 Å². The molecule has 0 radical (unpaired) electrons. The molecule has 2 nitrogen and oxygen atoms in total. The van der Waals surface area contributed by atoms with E-state index in [2.05, 4.69) is 0 Å². The van der Waals surface area contributed by atoms with Crippen LogP contribution in [0.2, 0.25) is 0 Å². The average Bonchev–Trinajstić information content (AvgIpc) is 2.79. The van der Waals surface area contributed by atoms with E-state index in [0.717, 1.165) is 31.7 Å². The molecule has 0 atom stereocenters. The van der Waals surface area contributed by atoms with E-state index in [4.69, 9.17) is 11.0 Å². The Kier molecular flexibility index (Phi) is 3.12. The van der Waals surface area contributed by atoms with Crippen LogP contribution in [0.25, 0.3) is 0 Å². The van der Waals surface area contributed by atoms with Gasteiger partial charge >= 0.3 is 0 Å². The molecule has 0 aliphatic heterocycles. The van der Waals surface area contributed by atoms with Gasteiger partial charge in [-0.05, 0) is 24.5 Å². The third kappa shape index (κ3) is 1.91. The molecule has 17 heavy (non-hydrogen) atoms. The second kappa shape index (κ2) is 4.42. The summed E-state index contributed by atoms with van der Waals surface area (Å²) in [5.41, 5.74) is 5.63. The summed E-state index contributed by atoms with van der Waals surface area (Å²) < 4.78 is 27.1. The zero-order valence-corrected chi connectivity index (χ0v) is 9.47. The van der Waals surface area contributed by atoms with E-state index in [0.29, 0.717) is 12.1 Å². The highest BCUT2D eigenvalue weighted by molar-refractivity contribution is 5.39. The van der Waals surface area contributed by atoms with Crippen molar-refractivity contribution in [2.45, 2.75) is 31.1 Å². The van der Waals surface area contributed by atoms with Crippen molar-refractivity contribution in [1.29, 1.82) is 5.26 Å². The zero-order valence-electron chi connectivity index (χ0n) is 9.47. The minimum Gasteiger partial charge on any atom is -0.330 e. The van der Waals surface area contributed by atoms with Crippen molar-refractivity contribution in [3.8, 4) is 6.07 Å². The highest BCUT2D eigenvalue weighted by atomic mass is 19.1. The largest absolute Gasteiger partial charge is 0.330 e. The van der Waals surface area contributed by atoms with E-state index in [-0.39, 0.29) is 5.56 Å². The number of halogens is 2. The van der Waals surface area contributed by atoms with Crippen molar-refractivity contribution in [3.05, 3.63) is 34.9 Å². The number of hydrogen-bond acceptors (Lipinski definition) is 2. The van der Waals surface area contributed by atoms with E-state index in [9.17, 15) is 8.78 Å². The molecular weight excluding hydrogens is 222 g/mol. The predicted molar refractivity (Wildman–Crippen MR) is 60.3 cm³/mol. The first kappa shape index (κ1) is 12.0. The van der Waals surface area contributed by atoms with Crippen LogP contribution in [0.3, 0.4) is 0 Å². The quantitative estimate of drug-likeness (QED) is 0.858. The number of nitrogens with two attached hydrogens (primary N) is 1. The molecule has 4 heteroatoms. The Bertz CT molecular complexity index is 471. The van der Waals surface area contributed by atoms with Crippen LogP contribution in [-0.4, -0.2) is 6.54 Å². The lowest BCUT2D eigenvalue weighted by Gasteiger charge is -2.28. The summed E-state index contributed by atoms with van der Waals surface area (Å²) >= 11 is 0. The standard InChI is InChI=1S/C13H14F2N2/c14-11-6-12(15)10(5-9(11)7-16)13(8-17)3-1-2-4-13/h5-6H,1-4,8,17H2. The summed E-state index contributed by atoms with van der Waals surface area (Å²) in [6.07, 6.45) is 3.60. The molecule has 90 valence electrons. The van der Waals surface area contributed by atoms with Crippen molar-refractivity contribution < 1.29 is 8.78 Å². The van der Waals surface area contributed by atoms with Gasteiger partial charge in [0.25, 0.3) is 0 Å². The molecule has 1 aliphatic rings. The summed E-state index contributed by atoms with van der Waals surface area (Å²) in [7, 11) is 0. The fraction of sp³-hybridized carbons (Fsp3) is 0.462. The lowest BCUT2D eigenvalue weighted by Crippen LogP contribution is -2.33. The third-order valence-electron chi connectivity index (χ3n) is 3.70. The molecule has 0 unspecified atom stereocenters. The Balaban J connectivity index is 2.55. The lowest BCUT2D eigenvalue weighted by atomic mass is 9.78. The van der Waals surface area contributed by atoms with Gasteiger partial charge in [0, 0.05) is 18.0 Å². The minimum atomic E-state index is -0.807. The topological polar surface area (TPSA) is 49.8 Å². The van der Waals surface area contributed by atoms with Crippen LogP contribution in [0.5, 0.6) is 0 Å². The first-order valence-electron chi connectivity index (χ1n) is 5.73. The number of nitrogens with zero attached hydrogens (tertiary/aromatic N) is 1. The van der Waals surface area contributed by atoms with E-state index in [1.807, 2.05) is 0 Å². The van der Waals surface area contributed by atoms with Crippen LogP contribution in [-0.2, 0) is 5.41 Å². The zero-order chi connectivity index (χ0) is 12.5. The Morgan fingerprint density at radius 1 is 1.24 bits per heavy atom. The molecule has 2 N–H and O–H groups in total. The molecule has 0 amide bonds. The van der Waals surface area contributed by atoms with Gasteiger partial charge in [-0.3, -0.25) is 0 Å². The van der Waals surface area contributed by atoms with E-state index in [1.165, 1.54) is 6.07 Å². The third-order valence-corrected chi connectivity index (χ3v) is 3.70. The van der Waals surface area contributed by atoms with Crippen LogP contribution in [0, 0.1) is 23.0 Å². The molecule has 2 rings (SSSR count). The highest BCUT2D eigenvalue weighted by Gasteiger charge is 2.37. The molecule has 1 saturated carbocycles. The molecular formula is C13H14F2N2. The predicted octanol–water partition coefficient (Wildman–Crippen LogP) is 2.61. The second-order valence-electron chi connectivity index (χ2n) is 4.62. The Hall–Kier alpha value is -1.47. The minimum absolute atomic E-state index is 0.110. The van der Waals surface area contributed by atoms with Crippen molar-refractivity contribution in [3.63, 3.8) is 0 Å². The summed E-state index contributed by atoms with van der Waals surface area (Å²) in [6.45, 7) is 0.334. The molecule has 0 spiro atoms. The van der Waals surface area contributed by atoms with Gasteiger partial charge in [-0.1, -0.05) is 12.8 Å². The highest BCUT2D eigenvalue weighted by Crippen LogP contribution is 2.41. The lowest BCUT2D eigenvalue weighted by molar-refractivity contribution is 0.423. The van der Waals surface area contributed by atoms with Gasteiger partial charge in [0.05, 0.1) is 5.56 Å². The van der Waals surface area contributed by atoms with Gasteiger partial charge in [-0.15, -0.1) is 0 Å². The van der Waals surface area contributed by atoms with E-state index in [1.54, 1.807) is 6.07 Å². The van der Waals surface area contributed by atoms with Gasteiger partial charge in [0.2, 0.25) is 0 Å². The molecule has 1 aliphatic carbocycles. The Morgan fingerprint density at radius 3 is 2.41 bits per heavy atom. The molecule has 0 heterocycles. The molecule has 1 aromatic rings. The molecule has 0 aromatic heterocycles. The number of hydrogen-bond donors (Lipinski definition) is 1. The molecule has 1 fully saturated rings. The van der Waals surface area contributed by atoms with Gasteiger partial charge in [-0.25, -0.2) is 8.78 Å².